The number of benzene rings is 1. The van der Waals surface area contributed by atoms with E-state index in [1.807, 2.05) is 6.26 Å². The fraction of sp³-hybridized carbons (Fsp3) is 0.188. The lowest BCUT2D eigenvalue weighted by Crippen LogP contribution is -2.26. The van der Waals surface area contributed by atoms with Gasteiger partial charge in [-0.05, 0) is 36.0 Å². The summed E-state index contributed by atoms with van der Waals surface area (Å²) >= 11 is 2.60. The fourth-order valence-electron chi connectivity index (χ4n) is 2.19. The minimum Gasteiger partial charge on any atom is -0.394 e. The van der Waals surface area contributed by atoms with Gasteiger partial charge < -0.3 is 10.4 Å². The van der Waals surface area contributed by atoms with E-state index in [0.29, 0.717) is 10.4 Å². The normalized spacial score (nSPS) is 10.9. The summed E-state index contributed by atoms with van der Waals surface area (Å²) in [5.41, 5.74) is 2.79. The van der Waals surface area contributed by atoms with Crippen LogP contribution in [0.5, 0.6) is 0 Å². The minimum atomic E-state index is -0.614. The van der Waals surface area contributed by atoms with E-state index < -0.39 is 11.7 Å². The number of nitrogens with zero attached hydrogens (tertiary/aromatic N) is 2. The summed E-state index contributed by atoms with van der Waals surface area (Å²) in [6, 6.07) is 4.79. The first-order chi connectivity index (χ1) is 12.6. The maximum Gasteiger partial charge on any atom is 0.295 e. The Morgan fingerprint density at radius 1 is 1.42 bits per heavy atom. The number of thioether (sulfide) groups is 1. The average molecular weight is 394 g/mol. The monoisotopic (exact) mass is 394 g/mol. The standard InChI is InChI=1S/C16H15FN4O3S2/c1-25-10-2-3-12(11(17)6-10)20-13-14(16(23)21-24-5-4-22)18-7-9-8-19-26-15(9)13/h2-3,6-8,20,22H,4-5H2,1H3,(H,21,23). The Bertz CT molecular complexity index is 935. The van der Waals surface area contributed by atoms with E-state index in [1.54, 1.807) is 18.3 Å². The van der Waals surface area contributed by atoms with Gasteiger partial charge in [-0.15, -0.1) is 11.8 Å². The van der Waals surface area contributed by atoms with Gasteiger partial charge in [0.1, 0.15) is 5.82 Å². The van der Waals surface area contributed by atoms with Gasteiger partial charge in [0.25, 0.3) is 5.91 Å². The molecule has 26 heavy (non-hydrogen) atoms. The molecule has 0 unspecified atom stereocenters. The van der Waals surface area contributed by atoms with Crippen LogP contribution in [0.15, 0.2) is 35.5 Å². The van der Waals surface area contributed by atoms with E-state index in [4.69, 9.17) is 9.94 Å². The van der Waals surface area contributed by atoms with Crippen molar-refractivity contribution in [1.29, 1.82) is 0 Å². The second-order valence-corrected chi connectivity index (χ2v) is 6.75. The van der Waals surface area contributed by atoms with Crippen molar-refractivity contribution in [2.45, 2.75) is 4.90 Å². The van der Waals surface area contributed by atoms with Crippen molar-refractivity contribution in [1.82, 2.24) is 14.8 Å². The second kappa shape index (κ2) is 8.41. The van der Waals surface area contributed by atoms with Crippen molar-refractivity contribution in [2.75, 3.05) is 24.8 Å². The third kappa shape index (κ3) is 3.93. The van der Waals surface area contributed by atoms with Gasteiger partial charge in [-0.3, -0.25) is 9.63 Å². The third-order valence-electron chi connectivity index (χ3n) is 3.40. The van der Waals surface area contributed by atoms with E-state index in [9.17, 15) is 9.18 Å². The van der Waals surface area contributed by atoms with E-state index in [0.717, 1.165) is 10.3 Å². The molecule has 2 aromatic heterocycles. The van der Waals surface area contributed by atoms with Gasteiger partial charge in [0.05, 0.1) is 35.5 Å². The molecule has 0 spiro atoms. The number of carbonyl (C=O) groups excluding carboxylic acids is 1. The summed E-state index contributed by atoms with van der Waals surface area (Å²) in [7, 11) is 0. The average Bonchev–Trinajstić information content (AvgIpc) is 3.12. The molecule has 0 bridgehead atoms. The van der Waals surface area contributed by atoms with Crippen molar-refractivity contribution < 1.29 is 19.1 Å². The minimum absolute atomic E-state index is 0.0352. The number of aliphatic hydroxyl groups is 1. The van der Waals surface area contributed by atoms with Crippen LogP contribution in [0.2, 0.25) is 0 Å². The summed E-state index contributed by atoms with van der Waals surface area (Å²) in [6.07, 6.45) is 4.99. The number of hydroxylamine groups is 1. The molecule has 0 aliphatic carbocycles. The SMILES string of the molecule is CSc1ccc(Nc2c(C(=O)NOCCO)ncc3cnsc23)c(F)c1. The van der Waals surface area contributed by atoms with Crippen LogP contribution < -0.4 is 10.8 Å². The lowest BCUT2D eigenvalue weighted by Gasteiger charge is -2.13. The number of hydrogen-bond acceptors (Lipinski definition) is 8. The number of aliphatic hydroxyl groups excluding tert-OH is 1. The highest BCUT2D eigenvalue weighted by atomic mass is 32.2. The molecular weight excluding hydrogens is 379 g/mol. The number of nitrogens with one attached hydrogen (secondary N) is 2. The summed E-state index contributed by atoms with van der Waals surface area (Å²) in [6.45, 7) is -0.290. The highest BCUT2D eigenvalue weighted by Crippen LogP contribution is 2.33. The van der Waals surface area contributed by atoms with Crippen molar-refractivity contribution in [2.24, 2.45) is 0 Å². The number of carbonyl (C=O) groups is 1. The number of pyridine rings is 1. The molecule has 0 atom stereocenters. The first-order valence-electron chi connectivity index (χ1n) is 7.51. The first kappa shape index (κ1) is 18.5. The summed E-state index contributed by atoms with van der Waals surface area (Å²) in [5, 5.41) is 12.4. The van der Waals surface area contributed by atoms with Crippen LogP contribution in [0.25, 0.3) is 10.1 Å². The Labute approximate surface area is 156 Å². The Kier molecular flexibility index (Phi) is 5.99. The molecule has 0 fully saturated rings. The molecule has 10 heteroatoms. The summed E-state index contributed by atoms with van der Waals surface area (Å²) in [5.74, 6) is -1.06. The molecule has 0 aliphatic rings. The number of halogens is 1. The number of rotatable bonds is 7. The fourth-order valence-corrected chi connectivity index (χ4v) is 3.34. The van der Waals surface area contributed by atoms with E-state index in [1.165, 1.54) is 35.6 Å². The highest BCUT2D eigenvalue weighted by molar-refractivity contribution is 7.98. The quantitative estimate of drug-likeness (QED) is 0.322. The number of amides is 1. The molecule has 3 rings (SSSR count). The van der Waals surface area contributed by atoms with Crippen molar-refractivity contribution >= 4 is 50.7 Å². The Balaban J connectivity index is 1.98. The van der Waals surface area contributed by atoms with Crippen molar-refractivity contribution in [3.8, 4) is 0 Å². The molecule has 0 saturated heterocycles. The van der Waals surface area contributed by atoms with E-state index in [-0.39, 0.29) is 24.6 Å². The van der Waals surface area contributed by atoms with Crippen LogP contribution in [0.1, 0.15) is 10.5 Å². The molecule has 7 nitrogen and oxygen atoms in total. The highest BCUT2D eigenvalue weighted by Gasteiger charge is 2.19. The number of aromatic nitrogens is 2. The molecule has 0 radical (unpaired) electrons. The van der Waals surface area contributed by atoms with Crippen LogP contribution in [-0.4, -0.2) is 39.8 Å². The largest absolute Gasteiger partial charge is 0.394 e. The Morgan fingerprint density at radius 2 is 2.27 bits per heavy atom. The third-order valence-corrected chi connectivity index (χ3v) is 4.96. The topological polar surface area (TPSA) is 96.4 Å². The summed E-state index contributed by atoms with van der Waals surface area (Å²) in [4.78, 5) is 22.1. The van der Waals surface area contributed by atoms with Crippen LogP contribution >= 0.6 is 23.3 Å². The van der Waals surface area contributed by atoms with Crippen molar-refractivity contribution in [3.05, 3.63) is 42.1 Å². The molecule has 3 aromatic rings. The molecule has 136 valence electrons. The van der Waals surface area contributed by atoms with Gasteiger partial charge >= 0.3 is 0 Å². The number of hydrogen-bond donors (Lipinski definition) is 3. The molecule has 1 amide bonds. The van der Waals surface area contributed by atoms with Crippen molar-refractivity contribution in [3.63, 3.8) is 0 Å². The number of anilines is 2. The molecule has 3 N–H and O–H groups in total. The first-order valence-corrected chi connectivity index (χ1v) is 9.50. The Morgan fingerprint density at radius 3 is 3.00 bits per heavy atom. The van der Waals surface area contributed by atoms with Crippen LogP contribution in [-0.2, 0) is 4.84 Å². The second-order valence-electron chi connectivity index (χ2n) is 5.07. The zero-order valence-corrected chi connectivity index (χ0v) is 15.3. The van der Waals surface area contributed by atoms with E-state index in [2.05, 4.69) is 20.2 Å². The molecular formula is C16H15FN4O3S2. The molecule has 0 saturated carbocycles. The van der Waals surface area contributed by atoms with Gasteiger partial charge in [-0.1, -0.05) is 0 Å². The predicted octanol–water partition coefficient (Wildman–Crippen LogP) is 2.95. The molecule has 2 heterocycles. The molecule has 0 aliphatic heterocycles. The molecule has 1 aromatic carbocycles. The van der Waals surface area contributed by atoms with Crippen LogP contribution in [0, 0.1) is 5.82 Å². The maximum atomic E-state index is 14.4. The van der Waals surface area contributed by atoms with Crippen LogP contribution in [0.3, 0.4) is 0 Å². The van der Waals surface area contributed by atoms with Gasteiger partial charge in [-0.2, -0.15) is 4.37 Å². The lowest BCUT2D eigenvalue weighted by molar-refractivity contribution is 0.0165. The van der Waals surface area contributed by atoms with Gasteiger partial charge in [0.2, 0.25) is 0 Å². The maximum absolute atomic E-state index is 14.4. The summed E-state index contributed by atoms with van der Waals surface area (Å²) < 4.78 is 19.1. The zero-order valence-electron chi connectivity index (χ0n) is 13.7. The smallest absolute Gasteiger partial charge is 0.295 e. The Hall–Kier alpha value is -2.27. The van der Waals surface area contributed by atoms with E-state index >= 15 is 0 Å². The lowest BCUT2D eigenvalue weighted by atomic mass is 10.2. The number of fused-ring (bicyclic) bond motifs is 1. The van der Waals surface area contributed by atoms with Gasteiger partial charge in [0.15, 0.2) is 5.69 Å². The van der Waals surface area contributed by atoms with Gasteiger partial charge in [-0.25, -0.2) is 14.9 Å². The predicted molar refractivity (Wildman–Crippen MR) is 99.4 cm³/mol. The van der Waals surface area contributed by atoms with Crippen LogP contribution in [0.4, 0.5) is 15.8 Å². The zero-order chi connectivity index (χ0) is 18.5. The van der Waals surface area contributed by atoms with Gasteiger partial charge in [0, 0.05) is 16.5 Å².